The molecule has 0 amide bonds. The minimum Gasteiger partial charge on any atom is -0.462 e. The molecule has 0 bridgehead atoms. The monoisotopic (exact) mass is 370 g/mol. The summed E-state index contributed by atoms with van der Waals surface area (Å²) in [5.74, 6) is -0.137. The van der Waals surface area contributed by atoms with Gasteiger partial charge in [0.05, 0.1) is 31.3 Å². The van der Waals surface area contributed by atoms with Gasteiger partial charge in [0.2, 0.25) is 5.95 Å². The van der Waals surface area contributed by atoms with Gasteiger partial charge < -0.3 is 25.0 Å². The highest BCUT2D eigenvalue weighted by molar-refractivity contribution is 5.88. The summed E-state index contributed by atoms with van der Waals surface area (Å²) < 4.78 is 7.45. The predicted molar refractivity (Wildman–Crippen MR) is 98.1 cm³/mol. The Morgan fingerprint density at radius 2 is 2.26 bits per heavy atom. The highest BCUT2D eigenvalue weighted by Gasteiger charge is 2.46. The summed E-state index contributed by atoms with van der Waals surface area (Å²) in [6.07, 6.45) is 10.8. The van der Waals surface area contributed by atoms with Gasteiger partial charge in [-0.3, -0.25) is 0 Å². The number of hydrogen-bond donors (Lipinski definition) is 2. The van der Waals surface area contributed by atoms with E-state index in [-0.39, 0.29) is 31.2 Å². The lowest BCUT2D eigenvalue weighted by Gasteiger charge is -2.46. The van der Waals surface area contributed by atoms with E-state index < -0.39 is 5.41 Å². The Morgan fingerprint density at radius 1 is 1.44 bits per heavy atom. The van der Waals surface area contributed by atoms with Crippen molar-refractivity contribution in [1.29, 1.82) is 0 Å². The fraction of sp³-hybridized carbons (Fsp3) is 0.444. The van der Waals surface area contributed by atoms with Crippen molar-refractivity contribution in [3.8, 4) is 0 Å². The summed E-state index contributed by atoms with van der Waals surface area (Å²) in [4.78, 5) is 26.6. The van der Waals surface area contributed by atoms with E-state index in [1.165, 1.54) is 0 Å². The quantitative estimate of drug-likeness (QED) is 0.748. The summed E-state index contributed by atoms with van der Waals surface area (Å²) in [5.41, 5.74) is 7.21. The molecule has 142 valence electrons. The first kappa shape index (κ1) is 17.5. The van der Waals surface area contributed by atoms with Crippen molar-refractivity contribution in [1.82, 2.24) is 24.4 Å². The normalized spacial score (nSPS) is 24.6. The topological polar surface area (TPSA) is 119 Å². The van der Waals surface area contributed by atoms with Crippen LogP contribution in [0.2, 0.25) is 0 Å². The molecule has 9 heteroatoms. The van der Waals surface area contributed by atoms with Gasteiger partial charge in [0, 0.05) is 31.1 Å². The van der Waals surface area contributed by atoms with Crippen molar-refractivity contribution in [2.24, 2.45) is 5.41 Å². The molecule has 1 aliphatic carbocycles. The van der Waals surface area contributed by atoms with Crippen molar-refractivity contribution in [2.75, 3.05) is 26.0 Å². The van der Waals surface area contributed by atoms with Crippen LogP contribution in [0.15, 0.2) is 36.6 Å². The first-order chi connectivity index (χ1) is 13.0. The molecular formula is C18H22N6O3. The second kappa shape index (κ2) is 6.66. The number of carbonyl (C=O) groups excluding carboxylic acids is 1. The lowest BCUT2D eigenvalue weighted by atomic mass is 9.66. The Hall–Kier alpha value is -2.94. The molecule has 3 heterocycles. The molecular weight excluding hydrogens is 348 g/mol. The first-order valence-corrected chi connectivity index (χ1v) is 8.82. The Bertz CT molecular complexity index is 928. The average Bonchev–Trinajstić information content (AvgIpc) is 3.03. The molecule has 0 spiro atoms. The van der Waals surface area contributed by atoms with Crippen molar-refractivity contribution in [3.05, 3.63) is 36.6 Å². The van der Waals surface area contributed by atoms with Crippen molar-refractivity contribution in [2.45, 2.75) is 25.3 Å². The molecule has 4 rings (SSSR count). The number of nitrogen functional groups attached to an aromatic ring is 1. The van der Waals surface area contributed by atoms with E-state index in [0.29, 0.717) is 36.0 Å². The third-order valence-electron chi connectivity index (χ3n) is 5.21. The zero-order chi connectivity index (χ0) is 19.0. The van der Waals surface area contributed by atoms with Gasteiger partial charge in [0.1, 0.15) is 5.52 Å². The highest BCUT2D eigenvalue weighted by Crippen LogP contribution is 2.49. The Kier molecular flexibility index (Phi) is 4.31. The SMILES string of the molecule is CN1C=CCC(C(=O)OCC2(CO)CC(n3cnc4cnc(N)nc43)C2)=C1. The lowest BCUT2D eigenvalue weighted by Crippen LogP contribution is -2.45. The number of hydrogen-bond acceptors (Lipinski definition) is 8. The Balaban J connectivity index is 1.40. The molecule has 2 aromatic rings. The van der Waals surface area contributed by atoms with Gasteiger partial charge in [-0.05, 0) is 19.0 Å². The standard InChI is InChI=1S/C18H22N6O3/c1-23-4-2-3-12(8-23)16(26)27-10-18(9-25)5-13(6-18)24-11-21-14-7-20-17(19)22-15(14)24/h2,4,7-8,11,13,25H,3,5-6,9-10H2,1H3,(H2,19,20,22). The number of aliphatic hydroxyl groups excluding tert-OH is 1. The van der Waals surface area contributed by atoms with Crippen LogP contribution in [0.5, 0.6) is 0 Å². The third kappa shape index (κ3) is 3.25. The smallest absolute Gasteiger partial charge is 0.335 e. The van der Waals surface area contributed by atoms with E-state index in [1.54, 1.807) is 18.7 Å². The summed E-state index contributed by atoms with van der Waals surface area (Å²) in [6, 6.07) is 0.123. The van der Waals surface area contributed by atoms with Crippen LogP contribution >= 0.6 is 0 Å². The van der Waals surface area contributed by atoms with E-state index in [1.807, 2.05) is 28.8 Å². The molecule has 1 saturated carbocycles. The zero-order valence-electron chi connectivity index (χ0n) is 15.1. The first-order valence-electron chi connectivity index (χ1n) is 8.82. The minimum atomic E-state index is -0.438. The van der Waals surface area contributed by atoms with Gasteiger partial charge in [0.15, 0.2) is 5.65 Å². The second-order valence-electron chi connectivity index (χ2n) is 7.29. The molecule has 0 atom stereocenters. The number of rotatable bonds is 5. The lowest BCUT2D eigenvalue weighted by molar-refractivity contribution is -0.148. The zero-order valence-corrected chi connectivity index (χ0v) is 15.1. The number of esters is 1. The number of imidazole rings is 1. The number of carbonyl (C=O) groups is 1. The molecule has 1 aliphatic heterocycles. The fourth-order valence-corrected chi connectivity index (χ4v) is 3.67. The van der Waals surface area contributed by atoms with Crippen LogP contribution in [0.1, 0.15) is 25.3 Å². The number of fused-ring (bicyclic) bond motifs is 1. The van der Waals surface area contributed by atoms with Crippen LogP contribution in [0, 0.1) is 5.41 Å². The maximum atomic E-state index is 12.3. The summed E-state index contributed by atoms with van der Waals surface area (Å²) in [5, 5.41) is 9.88. The number of aromatic nitrogens is 4. The predicted octanol–water partition coefficient (Wildman–Crippen LogP) is 0.998. The summed E-state index contributed by atoms with van der Waals surface area (Å²) >= 11 is 0. The highest BCUT2D eigenvalue weighted by atomic mass is 16.5. The van der Waals surface area contributed by atoms with Crippen LogP contribution in [-0.4, -0.2) is 55.8 Å². The van der Waals surface area contributed by atoms with Gasteiger partial charge in [0.25, 0.3) is 0 Å². The van der Waals surface area contributed by atoms with Crippen LogP contribution < -0.4 is 5.73 Å². The fourth-order valence-electron chi connectivity index (χ4n) is 3.67. The molecule has 1 fully saturated rings. The number of ether oxygens (including phenoxy) is 1. The van der Waals surface area contributed by atoms with E-state index in [2.05, 4.69) is 15.0 Å². The van der Waals surface area contributed by atoms with Crippen molar-refractivity contribution in [3.63, 3.8) is 0 Å². The van der Waals surface area contributed by atoms with Gasteiger partial charge in [-0.2, -0.15) is 4.98 Å². The molecule has 27 heavy (non-hydrogen) atoms. The van der Waals surface area contributed by atoms with Gasteiger partial charge in [-0.25, -0.2) is 14.8 Å². The average molecular weight is 370 g/mol. The molecule has 0 saturated heterocycles. The molecule has 2 aromatic heterocycles. The number of nitrogens with two attached hydrogens (primary N) is 1. The minimum absolute atomic E-state index is 0.0423. The maximum absolute atomic E-state index is 12.3. The van der Waals surface area contributed by atoms with E-state index >= 15 is 0 Å². The van der Waals surface area contributed by atoms with Crippen molar-refractivity contribution >= 4 is 23.1 Å². The Labute approximate surface area is 156 Å². The summed E-state index contributed by atoms with van der Waals surface area (Å²) in [7, 11) is 1.86. The molecule has 0 radical (unpaired) electrons. The van der Waals surface area contributed by atoms with E-state index in [4.69, 9.17) is 10.5 Å². The van der Waals surface area contributed by atoms with Crippen molar-refractivity contribution < 1.29 is 14.6 Å². The second-order valence-corrected chi connectivity index (χ2v) is 7.29. The largest absolute Gasteiger partial charge is 0.462 e. The van der Waals surface area contributed by atoms with Gasteiger partial charge in [-0.15, -0.1) is 0 Å². The number of aliphatic hydroxyl groups is 1. The number of anilines is 1. The molecule has 9 nitrogen and oxygen atoms in total. The van der Waals surface area contributed by atoms with E-state index in [0.717, 1.165) is 0 Å². The maximum Gasteiger partial charge on any atom is 0.335 e. The van der Waals surface area contributed by atoms with Crippen LogP contribution in [0.3, 0.4) is 0 Å². The molecule has 0 unspecified atom stereocenters. The van der Waals surface area contributed by atoms with Crippen LogP contribution in [0.4, 0.5) is 5.95 Å². The van der Waals surface area contributed by atoms with E-state index in [9.17, 15) is 9.90 Å². The molecule has 0 aromatic carbocycles. The number of nitrogens with zero attached hydrogens (tertiary/aromatic N) is 5. The van der Waals surface area contributed by atoms with Crippen LogP contribution in [-0.2, 0) is 9.53 Å². The van der Waals surface area contributed by atoms with Gasteiger partial charge >= 0.3 is 5.97 Å². The van der Waals surface area contributed by atoms with Crippen LogP contribution in [0.25, 0.3) is 11.2 Å². The number of allylic oxidation sites excluding steroid dienone is 1. The summed E-state index contributed by atoms with van der Waals surface area (Å²) in [6.45, 7) is 0.146. The third-order valence-corrected chi connectivity index (χ3v) is 5.21. The molecule has 2 aliphatic rings. The molecule has 3 N–H and O–H groups in total. The van der Waals surface area contributed by atoms with Gasteiger partial charge in [-0.1, -0.05) is 6.08 Å². The Morgan fingerprint density at radius 3 is 3.00 bits per heavy atom.